The number of aliphatic hydroxyl groups excluding tert-OH is 1. The second-order valence-corrected chi connectivity index (χ2v) is 5.35. The number of Topliss-reactive ketones (excluding diaryl/α,β-unsaturated/α-hetero) is 1. The quantitative estimate of drug-likeness (QED) is 0.787. The van der Waals surface area contributed by atoms with Crippen LogP contribution in [-0.4, -0.2) is 24.0 Å². The number of hydrogen-bond acceptors (Lipinski definition) is 3. The molecule has 2 N–H and O–H groups in total. The van der Waals surface area contributed by atoms with E-state index < -0.39 is 0 Å². The summed E-state index contributed by atoms with van der Waals surface area (Å²) < 4.78 is 0. The summed E-state index contributed by atoms with van der Waals surface area (Å²) in [5.74, 6) is 0.0872. The van der Waals surface area contributed by atoms with Crippen LogP contribution >= 0.6 is 0 Å². The van der Waals surface area contributed by atoms with Gasteiger partial charge in [0.1, 0.15) is 0 Å². The highest BCUT2D eigenvalue weighted by atomic mass is 16.3. The number of carbonyl (C=O) groups excluding carboxylic acids is 1. The molecule has 1 aromatic carbocycles. The van der Waals surface area contributed by atoms with E-state index in [1.54, 1.807) is 6.92 Å². The van der Waals surface area contributed by atoms with E-state index in [-0.39, 0.29) is 17.8 Å². The zero-order chi connectivity index (χ0) is 13.0. The van der Waals surface area contributed by atoms with Crippen molar-refractivity contribution in [2.45, 2.75) is 32.6 Å². The first kappa shape index (κ1) is 13.1. The molecular formula is C15H21NO2. The zero-order valence-corrected chi connectivity index (χ0v) is 10.9. The van der Waals surface area contributed by atoms with Gasteiger partial charge in [0.05, 0.1) is 6.61 Å². The van der Waals surface area contributed by atoms with Gasteiger partial charge < -0.3 is 10.4 Å². The molecule has 0 radical (unpaired) electrons. The monoisotopic (exact) mass is 247 g/mol. The Kier molecular flexibility index (Phi) is 4.02. The van der Waals surface area contributed by atoms with Gasteiger partial charge in [0.15, 0.2) is 5.78 Å². The van der Waals surface area contributed by atoms with Crippen molar-refractivity contribution < 1.29 is 9.90 Å². The third kappa shape index (κ3) is 2.91. The van der Waals surface area contributed by atoms with E-state index in [0.717, 1.165) is 30.6 Å². The van der Waals surface area contributed by atoms with E-state index >= 15 is 0 Å². The van der Waals surface area contributed by atoms with Gasteiger partial charge in [0, 0.05) is 23.2 Å². The number of nitrogens with one attached hydrogen (secondary N) is 1. The molecule has 1 saturated carbocycles. The normalized spacial score (nSPS) is 17.7. The summed E-state index contributed by atoms with van der Waals surface area (Å²) >= 11 is 0. The first-order chi connectivity index (χ1) is 8.65. The summed E-state index contributed by atoms with van der Waals surface area (Å²) in [5, 5.41) is 12.9. The number of ketones is 1. The Morgan fingerprint density at radius 3 is 2.39 bits per heavy atom. The van der Waals surface area contributed by atoms with Crippen LogP contribution in [0.5, 0.6) is 0 Å². The standard InChI is InChI=1S/C15H21NO2/c1-12(18)13-4-6-14(7-5-13)16-10-15(11-17)8-2-3-9-15/h4-7,16-17H,2-3,8-11H2,1H3. The lowest BCUT2D eigenvalue weighted by molar-refractivity contribution is 0.101. The average molecular weight is 247 g/mol. The fourth-order valence-electron chi connectivity index (χ4n) is 2.63. The number of rotatable bonds is 5. The SMILES string of the molecule is CC(=O)c1ccc(NCC2(CO)CCCC2)cc1. The molecule has 1 fully saturated rings. The fraction of sp³-hybridized carbons (Fsp3) is 0.533. The Balaban J connectivity index is 1.95. The molecule has 3 nitrogen and oxygen atoms in total. The van der Waals surface area contributed by atoms with E-state index in [2.05, 4.69) is 5.32 Å². The van der Waals surface area contributed by atoms with E-state index in [0.29, 0.717) is 0 Å². The molecule has 0 heterocycles. The van der Waals surface area contributed by atoms with Crippen molar-refractivity contribution in [1.82, 2.24) is 0 Å². The lowest BCUT2D eigenvalue weighted by Crippen LogP contribution is -2.30. The van der Waals surface area contributed by atoms with Crippen molar-refractivity contribution in [2.24, 2.45) is 5.41 Å². The Hall–Kier alpha value is -1.35. The average Bonchev–Trinajstić information content (AvgIpc) is 2.86. The molecule has 0 amide bonds. The first-order valence-electron chi connectivity index (χ1n) is 6.61. The third-order valence-electron chi connectivity index (χ3n) is 3.96. The van der Waals surface area contributed by atoms with Crippen LogP contribution < -0.4 is 5.32 Å². The predicted molar refractivity (Wildman–Crippen MR) is 72.9 cm³/mol. The second kappa shape index (κ2) is 5.53. The van der Waals surface area contributed by atoms with Crippen LogP contribution in [0.4, 0.5) is 5.69 Å². The molecular weight excluding hydrogens is 226 g/mol. The maximum Gasteiger partial charge on any atom is 0.159 e. The Morgan fingerprint density at radius 1 is 1.28 bits per heavy atom. The smallest absolute Gasteiger partial charge is 0.159 e. The predicted octanol–water partition coefficient (Wildman–Crippen LogP) is 2.85. The van der Waals surface area contributed by atoms with Crippen LogP contribution in [0.25, 0.3) is 0 Å². The van der Waals surface area contributed by atoms with E-state index in [1.165, 1.54) is 12.8 Å². The number of carbonyl (C=O) groups is 1. The molecule has 18 heavy (non-hydrogen) atoms. The molecule has 0 spiro atoms. The molecule has 1 aliphatic rings. The van der Waals surface area contributed by atoms with Gasteiger partial charge in [-0.25, -0.2) is 0 Å². The van der Waals surface area contributed by atoms with Gasteiger partial charge >= 0.3 is 0 Å². The third-order valence-corrected chi connectivity index (χ3v) is 3.96. The molecule has 0 unspecified atom stereocenters. The highest BCUT2D eigenvalue weighted by Gasteiger charge is 2.32. The van der Waals surface area contributed by atoms with Gasteiger partial charge in [-0.1, -0.05) is 12.8 Å². The van der Waals surface area contributed by atoms with Gasteiger partial charge in [-0.2, -0.15) is 0 Å². The maximum absolute atomic E-state index is 11.2. The van der Waals surface area contributed by atoms with E-state index in [9.17, 15) is 9.90 Å². The Bertz CT molecular complexity index is 405. The molecule has 98 valence electrons. The number of aliphatic hydroxyl groups is 1. The lowest BCUT2D eigenvalue weighted by atomic mass is 9.87. The first-order valence-corrected chi connectivity index (χ1v) is 6.61. The van der Waals surface area contributed by atoms with Crippen molar-refractivity contribution in [2.75, 3.05) is 18.5 Å². The van der Waals surface area contributed by atoms with Crippen molar-refractivity contribution >= 4 is 11.5 Å². The van der Waals surface area contributed by atoms with Crippen LogP contribution in [0.3, 0.4) is 0 Å². The summed E-state index contributed by atoms with van der Waals surface area (Å²) in [6.45, 7) is 2.64. The van der Waals surface area contributed by atoms with Crippen LogP contribution in [0.15, 0.2) is 24.3 Å². The fourth-order valence-corrected chi connectivity index (χ4v) is 2.63. The second-order valence-electron chi connectivity index (χ2n) is 5.35. The highest BCUT2D eigenvalue weighted by molar-refractivity contribution is 5.94. The van der Waals surface area contributed by atoms with Crippen LogP contribution in [0.1, 0.15) is 43.0 Å². The minimum atomic E-state index is 0.0548. The minimum Gasteiger partial charge on any atom is -0.396 e. The number of benzene rings is 1. The van der Waals surface area contributed by atoms with E-state index in [1.807, 2.05) is 24.3 Å². The van der Waals surface area contributed by atoms with Gasteiger partial charge in [-0.3, -0.25) is 4.79 Å². The summed E-state index contributed by atoms with van der Waals surface area (Å²) in [6.07, 6.45) is 4.63. The lowest BCUT2D eigenvalue weighted by Gasteiger charge is -2.27. The summed E-state index contributed by atoms with van der Waals surface area (Å²) in [4.78, 5) is 11.2. The van der Waals surface area contributed by atoms with Crippen LogP contribution in [0.2, 0.25) is 0 Å². The molecule has 0 atom stereocenters. The molecule has 0 saturated heterocycles. The maximum atomic E-state index is 11.2. The molecule has 2 rings (SSSR count). The molecule has 3 heteroatoms. The molecule has 1 aliphatic carbocycles. The topological polar surface area (TPSA) is 49.3 Å². The van der Waals surface area contributed by atoms with E-state index in [4.69, 9.17) is 0 Å². The minimum absolute atomic E-state index is 0.0548. The Labute approximate surface area is 108 Å². The van der Waals surface area contributed by atoms with Gasteiger partial charge in [0.25, 0.3) is 0 Å². The van der Waals surface area contributed by atoms with Crippen molar-refractivity contribution in [1.29, 1.82) is 0 Å². The van der Waals surface area contributed by atoms with Crippen molar-refractivity contribution in [3.8, 4) is 0 Å². The largest absolute Gasteiger partial charge is 0.396 e. The number of anilines is 1. The summed E-state index contributed by atoms with van der Waals surface area (Å²) in [5.41, 5.74) is 1.80. The zero-order valence-electron chi connectivity index (χ0n) is 10.9. The summed E-state index contributed by atoms with van der Waals surface area (Å²) in [6, 6.07) is 7.53. The molecule has 1 aromatic rings. The highest BCUT2D eigenvalue weighted by Crippen LogP contribution is 2.37. The van der Waals surface area contributed by atoms with Crippen LogP contribution in [-0.2, 0) is 0 Å². The van der Waals surface area contributed by atoms with Crippen molar-refractivity contribution in [3.63, 3.8) is 0 Å². The van der Waals surface area contributed by atoms with Gasteiger partial charge in [-0.15, -0.1) is 0 Å². The molecule has 0 aliphatic heterocycles. The number of hydrogen-bond donors (Lipinski definition) is 2. The van der Waals surface area contributed by atoms with Crippen molar-refractivity contribution in [3.05, 3.63) is 29.8 Å². The Morgan fingerprint density at radius 2 is 1.89 bits per heavy atom. The van der Waals surface area contributed by atoms with Crippen LogP contribution in [0, 0.1) is 5.41 Å². The molecule has 0 aromatic heterocycles. The van der Waals surface area contributed by atoms with Gasteiger partial charge in [0.2, 0.25) is 0 Å². The molecule has 0 bridgehead atoms. The summed E-state index contributed by atoms with van der Waals surface area (Å²) in [7, 11) is 0. The van der Waals surface area contributed by atoms with Gasteiger partial charge in [-0.05, 0) is 44.0 Å².